The van der Waals surface area contributed by atoms with E-state index in [1.807, 2.05) is 18.2 Å². The zero-order valence-electron chi connectivity index (χ0n) is 9.78. The Morgan fingerprint density at radius 2 is 2.00 bits per heavy atom. The molecule has 16 heavy (non-hydrogen) atoms. The first-order chi connectivity index (χ1) is 7.74. The maximum Gasteiger partial charge on any atom is 0.161 e. The van der Waals surface area contributed by atoms with Gasteiger partial charge in [-0.05, 0) is 17.7 Å². The summed E-state index contributed by atoms with van der Waals surface area (Å²) in [4.78, 5) is 4.01. The van der Waals surface area contributed by atoms with Crippen LogP contribution >= 0.6 is 0 Å². The van der Waals surface area contributed by atoms with Gasteiger partial charge in [0.05, 0.1) is 14.2 Å². The second-order valence-electron chi connectivity index (χ2n) is 3.18. The number of nitrogens with zero attached hydrogens (tertiary/aromatic N) is 1. The lowest BCUT2D eigenvalue weighted by Gasteiger charge is -2.10. The van der Waals surface area contributed by atoms with Crippen molar-refractivity contribution in [2.24, 2.45) is 10.8 Å². The van der Waals surface area contributed by atoms with Gasteiger partial charge in [-0.2, -0.15) is 0 Å². The van der Waals surface area contributed by atoms with Crippen LogP contribution < -0.4 is 20.7 Å². The van der Waals surface area contributed by atoms with E-state index in [0.29, 0.717) is 23.8 Å². The maximum absolute atomic E-state index is 5.32. The number of hydrazine groups is 1. The third-order valence-corrected chi connectivity index (χ3v) is 2.26. The van der Waals surface area contributed by atoms with E-state index >= 15 is 0 Å². The lowest BCUT2D eigenvalue weighted by atomic mass is 10.1. The number of methoxy groups -OCH3 is 2. The molecule has 0 aliphatic heterocycles. The highest BCUT2D eigenvalue weighted by molar-refractivity contribution is 5.83. The molecular weight excluding hydrogens is 206 g/mol. The van der Waals surface area contributed by atoms with Crippen molar-refractivity contribution in [3.05, 3.63) is 23.8 Å². The molecule has 0 atom stereocenters. The Morgan fingerprint density at radius 3 is 2.50 bits per heavy atom. The summed E-state index contributed by atoms with van der Waals surface area (Å²) in [5.41, 5.74) is 3.60. The number of benzene rings is 1. The Balaban J connectivity index is 2.90. The molecule has 0 unspecified atom stereocenters. The SMILES string of the molecule is CN=C(Cc1ccc(OC)c(OC)c1)NN. The topological polar surface area (TPSA) is 68.9 Å². The van der Waals surface area contributed by atoms with Gasteiger partial charge in [0, 0.05) is 13.5 Å². The second-order valence-corrected chi connectivity index (χ2v) is 3.18. The summed E-state index contributed by atoms with van der Waals surface area (Å²) in [5.74, 6) is 7.45. The van der Waals surface area contributed by atoms with E-state index in [-0.39, 0.29) is 0 Å². The molecule has 0 aliphatic carbocycles. The van der Waals surface area contributed by atoms with Crippen molar-refractivity contribution in [1.29, 1.82) is 0 Å². The fourth-order valence-electron chi connectivity index (χ4n) is 1.38. The molecule has 1 rings (SSSR count). The monoisotopic (exact) mass is 223 g/mol. The molecule has 0 amide bonds. The Kier molecular flexibility index (Phi) is 4.60. The van der Waals surface area contributed by atoms with Crippen molar-refractivity contribution in [2.75, 3.05) is 21.3 Å². The van der Waals surface area contributed by atoms with Crippen LogP contribution in [0, 0.1) is 0 Å². The summed E-state index contributed by atoms with van der Waals surface area (Å²) < 4.78 is 10.4. The molecule has 0 heterocycles. The van der Waals surface area contributed by atoms with Crippen molar-refractivity contribution in [2.45, 2.75) is 6.42 Å². The summed E-state index contributed by atoms with van der Waals surface area (Å²) in [7, 11) is 4.91. The molecule has 3 N–H and O–H groups in total. The predicted molar refractivity (Wildman–Crippen MR) is 63.9 cm³/mol. The van der Waals surface area contributed by atoms with Gasteiger partial charge in [-0.25, -0.2) is 5.84 Å². The fourth-order valence-corrected chi connectivity index (χ4v) is 1.38. The van der Waals surface area contributed by atoms with Gasteiger partial charge >= 0.3 is 0 Å². The number of aliphatic imine (C=N–C) groups is 1. The maximum atomic E-state index is 5.32. The first-order valence-corrected chi connectivity index (χ1v) is 4.88. The number of nitrogens with one attached hydrogen (secondary N) is 1. The molecule has 5 heteroatoms. The Morgan fingerprint density at radius 1 is 1.31 bits per heavy atom. The van der Waals surface area contributed by atoms with Crippen LogP contribution in [-0.4, -0.2) is 27.1 Å². The summed E-state index contributed by atoms with van der Waals surface area (Å²) in [6.07, 6.45) is 0.632. The van der Waals surface area contributed by atoms with Crippen LogP contribution in [0.5, 0.6) is 11.5 Å². The van der Waals surface area contributed by atoms with E-state index in [0.717, 1.165) is 5.56 Å². The molecule has 1 aromatic rings. The van der Waals surface area contributed by atoms with E-state index in [4.69, 9.17) is 15.3 Å². The van der Waals surface area contributed by atoms with Crippen LogP contribution in [0.4, 0.5) is 0 Å². The largest absolute Gasteiger partial charge is 0.493 e. The van der Waals surface area contributed by atoms with Crippen LogP contribution in [0.3, 0.4) is 0 Å². The van der Waals surface area contributed by atoms with Gasteiger partial charge in [0.15, 0.2) is 11.5 Å². The van der Waals surface area contributed by atoms with Crippen LogP contribution in [0.2, 0.25) is 0 Å². The minimum Gasteiger partial charge on any atom is -0.493 e. The lowest BCUT2D eigenvalue weighted by Crippen LogP contribution is -2.31. The molecule has 0 spiro atoms. The molecule has 0 saturated heterocycles. The predicted octanol–water partition coefficient (Wildman–Crippen LogP) is 0.738. The van der Waals surface area contributed by atoms with Crippen LogP contribution in [0.25, 0.3) is 0 Å². The van der Waals surface area contributed by atoms with E-state index in [9.17, 15) is 0 Å². The summed E-state index contributed by atoms with van der Waals surface area (Å²) in [6, 6.07) is 5.71. The van der Waals surface area contributed by atoms with E-state index in [2.05, 4.69) is 10.4 Å². The normalized spacial score (nSPS) is 11.1. The highest BCUT2D eigenvalue weighted by Crippen LogP contribution is 2.27. The molecule has 0 fully saturated rings. The average molecular weight is 223 g/mol. The van der Waals surface area contributed by atoms with Crippen LogP contribution in [-0.2, 0) is 6.42 Å². The Bertz CT molecular complexity index is 377. The number of ether oxygens (including phenoxy) is 2. The Hall–Kier alpha value is -1.75. The third-order valence-electron chi connectivity index (χ3n) is 2.26. The van der Waals surface area contributed by atoms with E-state index < -0.39 is 0 Å². The van der Waals surface area contributed by atoms with Crippen molar-refractivity contribution in [1.82, 2.24) is 5.43 Å². The van der Waals surface area contributed by atoms with Crippen molar-refractivity contribution in [3.63, 3.8) is 0 Å². The molecule has 0 saturated carbocycles. The number of amidine groups is 1. The second kappa shape index (κ2) is 5.97. The molecule has 1 aromatic carbocycles. The summed E-state index contributed by atoms with van der Waals surface area (Å²) in [5, 5.41) is 0. The summed E-state index contributed by atoms with van der Waals surface area (Å²) >= 11 is 0. The molecule has 0 bridgehead atoms. The number of hydrogen-bond acceptors (Lipinski definition) is 4. The van der Waals surface area contributed by atoms with Gasteiger partial charge in [0.1, 0.15) is 5.84 Å². The van der Waals surface area contributed by atoms with Gasteiger partial charge in [-0.1, -0.05) is 6.07 Å². The highest BCUT2D eigenvalue weighted by Gasteiger charge is 2.06. The molecule has 88 valence electrons. The molecule has 0 aromatic heterocycles. The standard InChI is InChI=1S/C11H17N3O2/c1-13-11(14-12)7-8-4-5-9(15-2)10(6-8)16-3/h4-6H,7,12H2,1-3H3,(H,13,14). The van der Waals surface area contributed by atoms with Crippen LogP contribution in [0.1, 0.15) is 5.56 Å². The van der Waals surface area contributed by atoms with Crippen LogP contribution in [0.15, 0.2) is 23.2 Å². The lowest BCUT2D eigenvalue weighted by molar-refractivity contribution is 0.354. The zero-order valence-corrected chi connectivity index (χ0v) is 9.78. The van der Waals surface area contributed by atoms with Gasteiger partial charge in [-0.3, -0.25) is 4.99 Å². The van der Waals surface area contributed by atoms with E-state index in [1.54, 1.807) is 21.3 Å². The Labute approximate surface area is 95.2 Å². The van der Waals surface area contributed by atoms with Crippen molar-refractivity contribution >= 4 is 5.84 Å². The minimum atomic E-state index is 0.632. The van der Waals surface area contributed by atoms with Crippen molar-refractivity contribution < 1.29 is 9.47 Å². The molecular formula is C11H17N3O2. The summed E-state index contributed by atoms with van der Waals surface area (Å²) in [6.45, 7) is 0. The van der Waals surface area contributed by atoms with Gasteiger partial charge in [0.2, 0.25) is 0 Å². The average Bonchev–Trinajstić information content (AvgIpc) is 2.35. The number of hydrogen-bond donors (Lipinski definition) is 2. The highest BCUT2D eigenvalue weighted by atomic mass is 16.5. The quantitative estimate of drug-likeness (QED) is 0.342. The molecule has 0 aliphatic rings. The number of rotatable bonds is 4. The van der Waals surface area contributed by atoms with Gasteiger partial charge in [0.25, 0.3) is 0 Å². The van der Waals surface area contributed by atoms with E-state index in [1.165, 1.54) is 0 Å². The smallest absolute Gasteiger partial charge is 0.161 e. The first kappa shape index (κ1) is 12.3. The minimum absolute atomic E-state index is 0.632. The first-order valence-electron chi connectivity index (χ1n) is 4.88. The molecule has 5 nitrogen and oxygen atoms in total. The third kappa shape index (κ3) is 2.87. The van der Waals surface area contributed by atoms with Gasteiger partial charge in [-0.15, -0.1) is 0 Å². The number of nitrogens with two attached hydrogens (primary N) is 1. The molecule has 0 radical (unpaired) electrons. The fraction of sp³-hybridized carbons (Fsp3) is 0.364. The zero-order chi connectivity index (χ0) is 12.0. The van der Waals surface area contributed by atoms with Crippen molar-refractivity contribution in [3.8, 4) is 11.5 Å². The van der Waals surface area contributed by atoms with Gasteiger partial charge < -0.3 is 14.9 Å².